The predicted octanol–water partition coefficient (Wildman–Crippen LogP) is 6.14. The molecule has 0 radical (unpaired) electrons. The Morgan fingerprint density at radius 1 is 0.949 bits per heavy atom. The van der Waals surface area contributed by atoms with Crippen LogP contribution in [0.25, 0.3) is 17.1 Å². The first-order valence-electron chi connectivity index (χ1n) is 13.1. The lowest BCUT2D eigenvalue weighted by Crippen LogP contribution is -2.28. The van der Waals surface area contributed by atoms with Gasteiger partial charge < -0.3 is 14.4 Å². The number of rotatable bonds is 12. The van der Waals surface area contributed by atoms with Crippen molar-refractivity contribution in [3.63, 3.8) is 0 Å². The number of aryl methyl sites for hydroxylation is 2. The monoisotopic (exact) mass is 544 g/mol. The predicted molar refractivity (Wildman–Crippen MR) is 157 cm³/mol. The molecule has 1 amide bonds. The second kappa shape index (κ2) is 13.3. The molecule has 0 atom stereocenters. The zero-order valence-electron chi connectivity index (χ0n) is 23.3. The number of carbonyl (C=O) groups excluding carboxylic acids is 1. The fourth-order valence-corrected chi connectivity index (χ4v) is 5.20. The summed E-state index contributed by atoms with van der Waals surface area (Å²) < 4.78 is 12.8. The van der Waals surface area contributed by atoms with Crippen LogP contribution in [0.2, 0.25) is 0 Å². The van der Waals surface area contributed by atoms with E-state index in [-0.39, 0.29) is 5.91 Å². The summed E-state index contributed by atoms with van der Waals surface area (Å²) in [7, 11) is 5.11. The molecule has 7 nitrogen and oxygen atoms in total. The molecule has 0 bridgehead atoms. The molecule has 0 aliphatic heterocycles. The van der Waals surface area contributed by atoms with Crippen LogP contribution < -0.4 is 9.47 Å². The van der Waals surface area contributed by atoms with Crippen LogP contribution in [0.5, 0.6) is 11.5 Å². The number of hydrogen-bond donors (Lipinski definition) is 0. The van der Waals surface area contributed by atoms with Gasteiger partial charge in [0.2, 0.25) is 5.91 Å². The highest BCUT2D eigenvalue weighted by Gasteiger charge is 2.18. The largest absolute Gasteiger partial charge is 0.493 e. The van der Waals surface area contributed by atoms with Crippen LogP contribution in [-0.4, -0.2) is 59.1 Å². The van der Waals surface area contributed by atoms with Crippen LogP contribution in [0.1, 0.15) is 29.5 Å². The lowest BCUT2D eigenvalue weighted by Gasteiger charge is -2.18. The molecule has 0 unspecified atom stereocenters. The van der Waals surface area contributed by atoms with Crippen molar-refractivity contribution in [2.24, 2.45) is 0 Å². The maximum absolute atomic E-state index is 12.8. The molecular weight excluding hydrogens is 508 g/mol. The van der Waals surface area contributed by atoms with Gasteiger partial charge in [-0.15, -0.1) is 10.2 Å². The Morgan fingerprint density at radius 2 is 1.69 bits per heavy atom. The minimum Gasteiger partial charge on any atom is -0.493 e. The fraction of sp³-hybridized carbons (Fsp3) is 0.323. The van der Waals surface area contributed by atoms with Crippen LogP contribution in [0.4, 0.5) is 0 Å². The van der Waals surface area contributed by atoms with E-state index in [0.29, 0.717) is 24.5 Å². The third-order valence-corrected chi connectivity index (χ3v) is 7.69. The van der Waals surface area contributed by atoms with E-state index in [2.05, 4.69) is 65.0 Å². The first-order chi connectivity index (χ1) is 18.9. The van der Waals surface area contributed by atoms with Crippen LogP contribution in [0.15, 0.2) is 71.9 Å². The molecule has 0 N–H and O–H groups in total. The molecule has 1 aromatic heterocycles. The number of methoxy groups -OCH3 is 2. The molecule has 0 aliphatic carbocycles. The van der Waals surface area contributed by atoms with E-state index in [9.17, 15) is 4.79 Å². The number of benzene rings is 3. The number of para-hydroxylation sites is 1. The fourth-order valence-electron chi connectivity index (χ4n) is 4.32. The molecule has 0 spiro atoms. The summed E-state index contributed by atoms with van der Waals surface area (Å²) in [6.45, 7) is 4.81. The van der Waals surface area contributed by atoms with E-state index in [1.54, 1.807) is 30.9 Å². The summed E-state index contributed by atoms with van der Waals surface area (Å²) in [5, 5.41) is 9.92. The van der Waals surface area contributed by atoms with Crippen molar-refractivity contribution in [2.75, 3.05) is 33.6 Å². The van der Waals surface area contributed by atoms with Gasteiger partial charge in [0.1, 0.15) is 0 Å². The van der Waals surface area contributed by atoms with Crippen LogP contribution in [-0.2, 0) is 11.2 Å². The summed E-state index contributed by atoms with van der Waals surface area (Å²) in [6, 6.07) is 22.5. The van der Waals surface area contributed by atoms with Gasteiger partial charge in [0, 0.05) is 31.3 Å². The van der Waals surface area contributed by atoms with Crippen LogP contribution in [0, 0.1) is 13.8 Å². The van der Waals surface area contributed by atoms with E-state index >= 15 is 0 Å². The molecular formula is C31H36N4O3S. The number of amides is 1. The maximum atomic E-state index is 12.8. The number of ether oxygens (including phenoxy) is 2. The van der Waals surface area contributed by atoms with Gasteiger partial charge in [-0.25, -0.2) is 0 Å². The quantitative estimate of drug-likeness (QED) is 0.158. The summed E-state index contributed by atoms with van der Waals surface area (Å²) in [4.78, 5) is 14.6. The van der Waals surface area contributed by atoms with Crippen LogP contribution in [0.3, 0.4) is 0 Å². The Hall–Kier alpha value is -3.78. The highest BCUT2D eigenvalue weighted by atomic mass is 32.2. The number of hydrogen-bond acceptors (Lipinski definition) is 6. The summed E-state index contributed by atoms with van der Waals surface area (Å²) in [6.07, 6.45) is 1.99. The average molecular weight is 545 g/mol. The Kier molecular flexibility index (Phi) is 9.65. The molecule has 0 fully saturated rings. The molecule has 3 aromatic carbocycles. The van der Waals surface area contributed by atoms with Gasteiger partial charge >= 0.3 is 0 Å². The molecule has 1 heterocycles. The van der Waals surface area contributed by atoms with Gasteiger partial charge in [-0.3, -0.25) is 9.36 Å². The second-order valence-corrected chi connectivity index (χ2v) is 10.6. The van der Waals surface area contributed by atoms with E-state index in [1.807, 2.05) is 37.4 Å². The van der Waals surface area contributed by atoms with Gasteiger partial charge in [0.05, 0.1) is 19.9 Å². The van der Waals surface area contributed by atoms with Gasteiger partial charge in [0.15, 0.2) is 22.5 Å². The van der Waals surface area contributed by atoms with Gasteiger partial charge in [-0.05, 0) is 56.0 Å². The minimum absolute atomic E-state index is 0.136. The highest BCUT2D eigenvalue weighted by Crippen LogP contribution is 2.30. The maximum Gasteiger partial charge on any atom is 0.222 e. The molecule has 4 rings (SSSR count). The topological polar surface area (TPSA) is 69.5 Å². The van der Waals surface area contributed by atoms with Crippen LogP contribution >= 0.6 is 11.8 Å². The zero-order chi connectivity index (χ0) is 27.8. The van der Waals surface area contributed by atoms with Crippen molar-refractivity contribution >= 4 is 17.7 Å². The molecule has 0 saturated heterocycles. The Balaban J connectivity index is 1.36. The molecule has 0 saturated carbocycles. The third kappa shape index (κ3) is 7.00. The van der Waals surface area contributed by atoms with Crippen molar-refractivity contribution in [3.05, 3.63) is 83.4 Å². The number of likely N-dealkylation sites (N-methyl/N-ethyl adjacent to an activating group) is 1. The van der Waals surface area contributed by atoms with Gasteiger partial charge in [0.25, 0.3) is 0 Å². The summed E-state index contributed by atoms with van der Waals surface area (Å²) in [5.74, 6) is 3.12. The first-order valence-corrected chi connectivity index (χ1v) is 14.1. The lowest BCUT2D eigenvalue weighted by molar-refractivity contribution is -0.129. The minimum atomic E-state index is 0.136. The van der Waals surface area contributed by atoms with Crippen molar-refractivity contribution in [1.82, 2.24) is 19.7 Å². The standard InChI is InChI=1S/C31H36N4O3S/c1-22-12-15-25(16-13-22)30-32-33-31(35(30)26-10-7-6-9-23(26)2)39-20-8-11-29(36)34(3)19-18-24-14-17-27(37-4)28(21-24)38-5/h6-7,9-10,12-17,21H,8,11,18-20H2,1-5H3. The second-order valence-electron chi connectivity index (χ2n) is 9.50. The first kappa shape index (κ1) is 28.2. The molecule has 4 aromatic rings. The third-order valence-electron chi connectivity index (χ3n) is 6.68. The van der Waals surface area contributed by atoms with Gasteiger partial charge in [-0.2, -0.15) is 0 Å². The van der Waals surface area contributed by atoms with E-state index in [0.717, 1.165) is 52.0 Å². The average Bonchev–Trinajstić information content (AvgIpc) is 3.37. The number of aromatic nitrogens is 3. The number of carbonyl (C=O) groups is 1. The van der Waals surface area contributed by atoms with E-state index < -0.39 is 0 Å². The molecule has 8 heteroatoms. The summed E-state index contributed by atoms with van der Waals surface area (Å²) >= 11 is 1.63. The van der Waals surface area contributed by atoms with Crippen molar-refractivity contribution in [2.45, 2.75) is 38.3 Å². The number of nitrogens with zero attached hydrogens (tertiary/aromatic N) is 4. The van der Waals surface area contributed by atoms with Crippen molar-refractivity contribution in [1.29, 1.82) is 0 Å². The van der Waals surface area contributed by atoms with E-state index in [4.69, 9.17) is 9.47 Å². The van der Waals surface area contributed by atoms with Gasteiger partial charge in [-0.1, -0.05) is 65.9 Å². The Morgan fingerprint density at radius 3 is 2.41 bits per heavy atom. The Bertz CT molecular complexity index is 1400. The van der Waals surface area contributed by atoms with E-state index in [1.165, 1.54) is 5.56 Å². The lowest BCUT2D eigenvalue weighted by atomic mass is 10.1. The van der Waals surface area contributed by atoms with Crippen molar-refractivity contribution < 1.29 is 14.3 Å². The summed E-state index contributed by atoms with van der Waals surface area (Å²) in [5.41, 5.74) is 5.54. The zero-order valence-corrected chi connectivity index (χ0v) is 24.1. The number of thioether (sulfide) groups is 1. The molecule has 0 aliphatic rings. The smallest absolute Gasteiger partial charge is 0.222 e. The molecule has 39 heavy (non-hydrogen) atoms. The normalized spacial score (nSPS) is 10.9. The van der Waals surface area contributed by atoms with Crippen molar-refractivity contribution in [3.8, 4) is 28.6 Å². The highest BCUT2D eigenvalue weighted by molar-refractivity contribution is 7.99. The SMILES string of the molecule is COc1ccc(CCN(C)C(=O)CCCSc2nnc(-c3ccc(C)cc3)n2-c2ccccc2C)cc1OC. The Labute approximate surface area is 235 Å². The molecule has 204 valence electrons.